The number of nitro groups is 1. The Hall–Kier alpha value is -2.94. The maximum Gasteiger partial charge on any atom is 0.278 e. The van der Waals surface area contributed by atoms with Gasteiger partial charge < -0.3 is 0 Å². The molecule has 0 aliphatic carbocycles. The van der Waals surface area contributed by atoms with Crippen LogP contribution in [-0.2, 0) is 6.54 Å². The molecule has 0 radical (unpaired) electrons. The van der Waals surface area contributed by atoms with Crippen LogP contribution in [0.1, 0.15) is 0 Å². The standard InChI is InChI=1S/C15H13N5O3S/c1-3-7-18-14(21)12-9-16-15(24-2)17-13(12)19(18)10-5-4-6-11(8-10)20(22)23/h3-6,8-9H,1,7H2,2H3. The van der Waals surface area contributed by atoms with Crippen molar-refractivity contribution >= 4 is 28.5 Å². The molecule has 122 valence electrons. The number of thioether (sulfide) groups is 1. The third-order valence-electron chi connectivity index (χ3n) is 3.42. The number of benzene rings is 1. The summed E-state index contributed by atoms with van der Waals surface area (Å²) >= 11 is 1.35. The number of nitrogens with zero attached hydrogens (tertiary/aromatic N) is 5. The van der Waals surface area contributed by atoms with Crippen LogP contribution in [0.4, 0.5) is 5.69 Å². The molecule has 0 aliphatic heterocycles. The summed E-state index contributed by atoms with van der Waals surface area (Å²) in [5, 5.41) is 11.9. The van der Waals surface area contributed by atoms with Crippen molar-refractivity contribution in [2.24, 2.45) is 0 Å². The molecule has 2 heterocycles. The van der Waals surface area contributed by atoms with E-state index in [0.717, 1.165) is 0 Å². The van der Waals surface area contributed by atoms with Crippen LogP contribution in [0.25, 0.3) is 16.7 Å². The first kappa shape index (κ1) is 15.9. The highest BCUT2D eigenvalue weighted by Crippen LogP contribution is 2.21. The minimum Gasteiger partial charge on any atom is -0.267 e. The lowest BCUT2D eigenvalue weighted by atomic mass is 10.3. The number of rotatable bonds is 5. The van der Waals surface area contributed by atoms with E-state index in [0.29, 0.717) is 21.9 Å². The number of aromatic nitrogens is 4. The average molecular weight is 343 g/mol. The Morgan fingerprint density at radius 2 is 2.25 bits per heavy atom. The molecule has 0 spiro atoms. The molecular formula is C15H13N5O3S. The molecule has 3 aromatic rings. The van der Waals surface area contributed by atoms with Crippen LogP contribution in [0.15, 0.2) is 53.1 Å². The van der Waals surface area contributed by atoms with E-state index in [9.17, 15) is 14.9 Å². The summed E-state index contributed by atoms with van der Waals surface area (Å²) in [5.74, 6) is 0. The molecule has 0 fully saturated rings. The second kappa shape index (κ2) is 6.28. The zero-order valence-electron chi connectivity index (χ0n) is 12.7. The van der Waals surface area contributed by atoms with E-state index in [-0.39, 0.29) is 17.8 Å². The highest BCUT2D eigenvalue weighted by Gasteiger charge is 2.18. The third kappa shape index (κ3) is 2.58. The van der Waals surface area contributed by atoms with Gasteiger partial charge in [-0.3, -0.25) is 14.9 Å². The number of non-ortho nitro benzene ring substituents is 1. The van der Waals surface area contributed by atoms with E-state index >= 15 is 0 Å². The first-order valence-electron chi connectivity index (χ1n) is 6.95. The van der Waals surface area contributed by atoms with Gasteiger partial charge in [0.05, 0.1) is 17.2 Å². The summed E-state index contributed by atoms with van der Waals surface area (Å²) in [6.45, 7) is 3.90. The van der Waals surface area contributed by atoms with Crippen LogP contribution >= 0.6 is 11.8 Å². The van der Waals surface area contributed by atoms with Gasteiger partial charge in [0.15, 0.2) is 10.8 Å². The van der Waals surface area contributed by atoms with Crippen LogP contribution in [0, 0.1) is 10.1 Å². The first-order valence-corrected chi connectivity index (χ1v) is 8.17. The van der Waals surface area contributed by atoms with Gasteiger partial charge in [0.1, 0.15) is 5.39 Å². The van der Waals surface area contributed by atoms with Crippen molar-refractivity contribution in [3.8, 4) is 5.69 Å². The quantitative estimate of drug-likeness (QED) is 0.232. The van der Waals surface area contributed by atoms with Gasteiger partial charge in [0, 0.05) is 18.3 Å². The van der Waals surface area contributed by atoms with Gasteiger partial charge in [-0.15, -0.1) is 6.58 Å². The van der Waals surface area contributed by atoms with E-state index < -0.39 is 4.92 Å². The lowest BCUT2D eigenvalue weighted by molar-refractivity contribution is -0.384. The average Bonchev–Trinajstić information content (AvgIpc) is 2.87. The van der Waals surface area contributed by atoms with Gasteiger partial charge in [0.25, 0.3) is 11.2 Å². The van der Waals surface area contributed by atoms with Gasteiger partial charge in [-0.1, -0.05) is 23.9 Å². The molecule has 0 bridgehead atoms. The minimum atomic E-state index is -0.479. The summed E-state index contributed by atoms with van der Waals surface area (Å²) in [7, 11) is 0. The molecule has 0 saturated carbocycles. The largest absolute Gasteiger partial charge is 0.278 e. The van der Waals surface area contributed by atoms with Crippen molar-refractivity contribution in [2.45, 2.75) is 11.7 Å². The van der Waals surface area contributed by atoms with E-state index in [1.807, 2.05) is 6.26 Å². The molecule has 0 aliphatic rings. The van der Waals surface area contributed by atoms with Crippen LogP contribution in [0.3, 0.4) is 0 Å². The Bertz CT molecular complexity index is 1010. The number of hydrogen-bond acceptors (Lipinski definition) is 6. The van der Waals surface area contributed by atoms with E-state index in [1.165, 1.54) is 34.8 Å². The predicted octanol–water partition coefficient (Wildman–Crippen LogP) is 2.40. The highest BCUT2D eigenvalue weighted by atomic mass is 32.2. The van der Waals surface area contributed by atoms with Crippen LogP contribution in [0.2, 0.25) is 0 Å². The second-order valence-corrected chi connectivity index (χ2v) is 5.63. The Balaban J connectivity index is 2.38. The maximum atomic E-state index is 12.6. The van der Waals surface area contributed by atoms with Crippen molar-refractivity contribution in [3.05, 3.63) is 63.6 Å². The maximum absolute atomic E-state index is 12.6. The molecule has 8 nitrogen and oxygen atoms in total. The Morgan fingerprint density at radius 1 is 1.46 bits per heavy atom. The summed E-state index contributed by atoms with van der Waals surface area (Å²) in [6.07, 6.45) is 4.89. The fourth-order valence-electron chi connectivity index (χ4n) is 2.40. The summed E-state index contributed by atoms with van der Waals surface area (Å²) in [5.41, 5.74) is 0.542. The van der Waals surface area contributed by atoms with Gasteiger partial charge in [-0.25, -0.2) is 19.3 Å². The predicted molar refractivity (Wildman–Crippen MR) is 91.8 cm³/mol. The highest BCUT2D eigenvalue weighted by molar-refractivity contribution is 7.98. The number of hydrogen-bond donors (Lipinski definition) is 0. The molecule has 0 amide bonds. The smallest absolute Gasteiger partial charge is 0.267 e. The van der Waals surface area contributed by atoms with Crippen molar-refractivity contribution < 1.29 is 4.92 Å². The number of allylic oxidation sites excluding steroid dienone is 1. The fourth-order valence-corrected chi connectivity index (χ4v) is 2.73. The lowest BCUT2D eigenvalue weighted by Gasteiger charge is -2.10. The van der Waals surface area contributed by atoms with Crippen LogP contribution in [-0.4, -0.2) is 30.5 Å². The normalized spacial score (nSPS) is 10.9. The molecule has 24 heavy (non-hydrogen) atoms. The minimum absolute atomic E-state index is 0.0638. The summed E-state index contributed by atoms with van der Waals surface area (Å²) < 4.78 is 2.99. The van der Waals surface area contributed by atoms with Gasteiger partial charge in [-0.2, -0.15) is 0 Å². The molecule has 0 N–H and O–H groups in total. The monoisotopic (exact) mass is 343 g/mol. The van der Waals surface area contributed by atoms with Crippen molar-refractivity contribution in [3.63, 3.8) is 0 Å². The van der Waals surface area contributed by atoms with Crippen molar-refractivity contribution in [2.75, 3.05) is 6.26 Å². The van der Waals surface area contributed by atoms with Gasteiger partial charge >= 0.3 is 0 Å². The van der Waals surface area contributed by atoms with Crippen LogP contribution < -0.4 is 5.56 Å². The van der Waals surface area contributed by atoms with Crippen molar-refractivity contribution in [1.29, 1.82) is 0 Å². The zero-order valence-corrected chi connectivity index (χ0v) is 13.6. The van der Waals surface area contributed by atoms with Crippen LogP contribution in [0.5, 0.6) is 0 Å². The Morgan fingerprint density at radius 3 is 2.92 bits per heavy atom. The molecule has 0 saturated heterocycles. The van der Waals surface area contributed by atoms with E-state index in [4.69, 9.17) is 0 Å². The van der Waals surface area contributed by atoms with E-state index in [1.54, 1.807) is 22.9 Å². The first-order chi connectivity index (χ1) is 11.6. The van der Waals surface area contributed by atoms with Crippen molar-refractivity contribution in [1.82, 2.24) is 19.3 Å². The molecule has 3 rings (SSSR count). The Labute approximate surface area is 140 Å². The lowest BCUT2D eigenvalue weighted by Crippen LogP contribution is -2.21. The number of fused-ring (bicyclic) bond motifs is 1. The SMILES string of the molecule is C=CCn1c(=O)c2cnc(SC)nc2n1-c1cccc([N+](=O)[O-])c1. The number of nitro benzene ring substituents is 1. The molecular weight excluding hydrogens is 330 g/mol. The molecule has 0 atom stereocenters. The Kier molecular flexibility index (Phi) is 4.17. The molecule has 9 heteroatoms. The topological polar surface area (TPSA) is 95.8 Å². The summed E-state index contributed by atoms with van der Waals surface area (Å²) in [6, 6.07) is 6.05. The summed E-state index contributed by atoms with van der Waals surface area (Å²) in [4.78, 5) is 31.7. The molecule has 2 aromatic heterocycles. The molecule has 1 aromatic carbocycles. The second-order valence-electron chi connectivity index (χ2n) is 4.86. The third-order valence-corrected chi connectivity index (χ3v) is 3.99. The fraction of sp³-hybridized carbons (Fsp3) is 0.133. The van der Waals surface area contributed by atoms with Gasteiger partial charge in [0.2, 0.25) is 0 Å². The molecule has 0 unspecified atom stereocenters. The zero-order chi connectivity index (χ0) is 17.3. The van der Waals surface area contributed by atoms with Gasteiger partial charge in [-0.05, 0) is 12.3 Å². The van der Waals surface area contributed by atoms with E-state index in [2.05, 4.69) is 16.5 Å².